The first-order valence-corrected chi connectivity index (χ1v) is 9.50. The highest BCUT2D eigenvalue weighted by molar-refractivity contribution is 7.80. The molecule has 2 saturated heterocycles. The summed E-state index contributed by atoms with van der Waals surface area (Å²) < 4.78 is 0. The van der Waals surface area contributed by atoms with E-state index in [0.29, 0.717) is 11.8 Å². The van der Waals surface area contributed by atoms with Crippen LogP contribution in [0.3, 0.4) is 0 Å². The van der Waals surface area contributed by atoms with Crippen molar-refractivity contribution < 1.29 is 4.79 Å². The molecule has 0 spiro atoms. The number of carbonyl (C=O) groups is 1. The fourth-order valence-corrected chi connectivity index (χ4v) is 3.87. The molecule has 2 aliphatic rings. The maximum atomic E-state index is 11.7. The molecule has 2 fully saturated rings. The number of likely N-dealkylation sites (tertiary alicyclic amines) is 2. The maximum Gasteiger partial charge on any atom is 0.222 e. The molecule has 2 aliphatic heterocycles. The number of piperidine rings is 1. The molecule has 24 heavy (non-hydrogen) atoms. The van der Waals surface area contributed by atoms with Gasteiger partial charge in [-0.3, -0.25) is 4.79 Å². The molecule has 3 rings (SSSR count). The minimum Gasteiger partial charge on any atom is -0.349 e. The quantitative estimate of drug-likeness (QED) is 0.824. The van der Waals surface area contributed by atoms with Crippen molar-refractivity contribution in [2.75, 3.05) is 31.5 Å². The minimum atomic E-state index is 0.334. The van der Waals surface area contributed by atoms with Gasteiger partial charge < -0.3 is 15.1 Å². The molecular formula is C18H24ClN3OS. The Hall–Kier alpha value is -1.33. The van der Waals surface area contributed by atoms with Crippen LogP contribution in [-0.4, -0.2) is 47.0 Å². The van der Waals surface area contributed by atoms with Gasteiger partial charge in [0.05, 0.1) is 0 Å². The van der Waals surface area contributed by atoms with Crippen LogP contribution in [0.4, 0.5) is 5.69 Å². The Morgan fingerprint density at radius 3 is 2.54 bits per heavy atom. The number of rotatable bonds is 4. The normalized spacial score (nSPS) is 19.0. The lowest BCUT2D eigenvalue weighted by molar-refractivity contribution is -0.127. The summed E-state index contributed by atoms with van der Waals surface area (Å²) >= 11 is 11.4. The van der Waals surface area contributed by atoms with Crippen LogP contribution in [0.15, 0.2) is 24.3 Å². The van der Waals surface area contributed by atoms with Crippen molar-refractivity contribution in [2.45, 2.75) is 32.1 Å². The van der Waals surface area contributed by atoms with Crippen LogP contribution in [0, 0.1) is 5.92 Å². The minimum absolute atomic E-state index is 0.334. The van der Waals surface area contributed by atoms with Crippen LogP contribution in [0.25, 0.3) is 0 Å². The molecular weight excluding hydrogens is 342 g/mol. The number of anilines is 1. The molecule has 0 radical (unpaired) electrons. The summed E-state index contributed by atoms with van der Waals surface area (Å²) in [4.78, 5) is 15.9. The lowest BCUT2D eigenvalue weighted by atomic mass is 9.93. The average molecular weight is 366 g/mol. The number of nitrogens with one attached hydrogen (secondary N) is 1. The summed E-state index contributed by atoms with van der Waals surface area (Å²) in [6.45, 7) is 3.85. The van der Waals surface area contributed by atoms with Gasteiger partial charge >= 0.3 is 0 Å². The predicted molar refractivity (Wildman–Crippen MR) is 102 cm³/mol. The summed E-state index contributed by atoms with van der Waals surface area (Å²) in [5.41, 5.74) is 0.971. The van der Waals surface area contributed by atoms with Crippen LogP contribution >= 0.6 is 23.8 Å². The molecule has 0 unspecified atom stereocenters. The first-order valence-electron chi connectivity index (χ1n) is 8.71. The van der Waals surface area contributed by atoms with Crippen LogP contribution in [0.5, 0.6) is 0 Å². The topological polar surface area (TPSA) is 35.6 Å². The van der Waals surface area contributed by atoms with E-state index < -0.39 is 0 Å². The fraction of sp³-hybridized carbons (Fsp3) is 0.556. The van der Waals surface area contributed by atoms with Gasteiger partial charge in [0.1, 0.15) is 0 Å². The highest BCUT2D eigenvalue weighted by Crippen LogP contribution is 2.23. The Kier molecular flexibility index (Phi) is 5.95. The summed E-state index contributed by atoms with van der Waals surface area (Å²) in [5.74, 6) is 1.04. The molecule has 0 aliphatic carbocycles. The Morgan fingerprint density at radius 1 is 1.21 bits per heavy atom. The van der Waals surface area contributed by atoms with Gasteiger partial charge in [0.2, 0.25) is 5.91 Å². The molecule has 1 N–H and O–H groups in total. The Bertz CT molecular complexity index is 584. The zero-order chi connectivity index (χ0) is 16.9. The Morgan fingerprint density at radius 2 is 1.92 bits per heavy atom. The number of thiocarbonyl (C=S) groups is 1. The number of halogens is 1. The van der Waals surface area contributed by atoms with E-state index in [9.17, 15) is 4.79 Å². The molecule has 0 atom stereocenters. The molecule has 1 aromatic carbocycles. The van der Waals surface area contributed by atoms with E-state index >= 15 is 0 Å². The van der Waals surface area contributed by atoms with Crippen molar-refractivity contribution in [1.29, 1.82) is 0 Å². The van der Waals surface area contributed by atoms with Gasteiger partial charge in [-0.1, -0.05) is 11.6 Å². The van der Waals surface area contributed by atoms with E-state index in [1.165, 1.54) is 0 Å². The van der Waals surface area contributed by atoms with Gasteiger partial charge in [0.15, 0.2) is 5.11 Å². The number of hydrogen-bond acceptors (Lipinski definition) is 2. The van der Waals surface area contributed by atoms with Crippen LogP contribution in [0.2, 0.25) is 5.02 Å². The number of nitrogens with zero attached hydrogens (tertiary/aromatic N) is 2. The van der Waals surface area contributed by atoms with E-state index in [4.69, 9.17) is 23.8 Å². The third kappa shape index (κ3) is 4.61. The molecule has 0 saturated carbocycles. The van der Waals surface area contributed by atoms with Crippen molar-refractivity contribution in [1.82, 2.24) is 9.80 Å². The second kappa shape index (κ2) is 8.17. The van der Waals surface area contributed by atoms with Crippen LogP contribution in [0.1, 0.15) is 32.1 Å². The number of benzene rings is 1. The van der Waals surface area contributed by atoms with E-state index in [0.717, 1.165) is 74.1 Å². The maximum absolute atomic E-state index is 11.7. The van der Waals surface area contributed by atoms with Crippen molar-refractivity contribution >= 4 is 40.5 Å². The van der Waals surface area contributed by atoms with E-state index in [2.05, 4.69) is 10.2 Å². The van der Waals surface area contributed by atoms with Crippen molar-refractivity contribution in [3.05, 3.63) is 29.3 Å². The summed E-state index contributed by atoms with van der Waals surface area (Å²) in [6, 6.07) is 7.60. The molecule has 6 heteroatoms. The number of carbonyl (C=O) groups excluding carboxylic acids is 1. The van der Waals surface area contributed by atoms with Gasteiger partial charge in [-0.2, -0.15) is 0 Å². The highest BCUT2D eigenvalue weighted by atomic mass is 35.5. The average Bonchev–Trinajstić information content (AvgIpc) is 3.00. The fourth-order valence-electron chi connectivity index (χ4n) is 3.44. The molecule has 1 amide bonds. The van der Waals surface area contributed by atoms with E-state index in [1.54, 1.807) is 0 Å². The molecule has 1 aromatic rings. The third-order valence-corrected chi connectivity index (χ3v) is 5.59. The third-order valence-electron chi connectivity index (χ3n) is 4.98. The second-order valence-corrected chi connectivity index (χ2v) is 7.46. The molecule has 130 valence electrons. The predicted octanol–water partition coefficient (Wildman–Crippen LogP) is 3.76. The molecule has 0 aromatic heterocycles. The highest BCUT2D eigenvalue weighted by Gasteiger charge is 2.24. The Balaban J connectivity index is 1.40. The number of hydrogen-bond donors (Lipinski definition) is 1. The lowest BCUT2D eigenvalue weighted by Crippen LogP contribution is -2.41. The monoisotopic (exact) mass is 365 g/mol. The molecule has 4 nitrogen and oxygen atoms in total. The van der Waals surface area contributed by atoms with Gasteiger partial charge in [-0.25, -0.2) is 0 Å². The largest absolute Gasteiger partial charge is 0.349 e. The van der Waals surface area contributed by atoms with Gasteiger partial charge in [0.25, 0.3) is 0 Å². The van der Waals surface area contributed by atoms with Gasteiger partial charge in [-0.05, 0) is 68.1 Å². The molecule has 0 bridgehead atoms. The summed E-state index contributed by atoms with van der Waals surface area (Å²) in [5, 5.41) is 4.79. The van der Waals surface area contributed by atoms with E-state index in [1.807, 2.05) is 29.2 Å². The van der Waals surface area contributed by atoms with Crippen molar-refractivity contribution in [2.24, 2.45) is 5.92 Å². The van der Waals surface area contributed by atoms with Crippen LogP contribution < -0.4 is 5.32 Å². The lowest BCUT2D eigenvalue weighted by Gasteiger charge is -2.34. The molecule has 2 heterocycles. The zero-order valence-electron chi connectivity index (χ0n) is 13.8. The smallest absolute Gasteiger partial charge is 0.222 e. The van der Waals surface area contributed by atoms with E-state index in [-0.39, 0.29) is 0 Å². The van der Waals surface area contributed by atoms with Gasteiger partial charge in [-0.15, -0.1) is 0 Å². The first-order chi connectivity index (χ1) is 11.6. The Labute approximate surface area is 154 Å². The van der Waals surface area contributed by atoms with Crippen molar-refractivity contribution in [3.63, 3.8) is 0 Å². The summed E-state index contributed by atoms with van der Waals surface area (Å²) in [6.07, 6.45) is 5.18. The number of amides is 1. The zero-order valence-corrected chi connectivity index (χ0v) is 15.4. The SMILES string of the molecule is O=C1CCCN1CCC1CCN(C(=S)Nc2ccc(Cl)cc2)CC1. The van der Waals surface area contributed by atoms with Crippen molar-refractivity contribution in [3.8, 4) is 0 Å². The second-order valence-electron chi connectivity index (χ2n) is 6.64. The first kappa shape index (κ1) is 17.5. The van der Waals surface area contributed by atoms with Gasteiger partial charge in [0, 0.05) is 43.3 Å². The summed E-state index contributed by atoms with van der Waals surface area (Å²) in [7, 11) is 0. The van der Waals surface area contributed by atoms with Crippen LogP contribution in [-0.2, 0) is 4.79 Å². The standard InChI is InChI=1S/C18H24ClN3OS/c19-15-3-5-16(6-4-15)20-18(24)22-12-8-14(9-13-22)7-11-21-10-1-2-17(21)23/h3-6,14H,1-2,7-13H2,(H,20,24).